The van der Waals surface area contributed by atoms with Gasteiger partial charge >= 0.3 is 0 Å². The molecule has 0 aliphatic carbocycles. The maximum Gasteiger partial charge on any atom is 0.109 e. The van der Waals surface area contributed by atoms with E-state index in [2.05, 4.69) is 11.0 Å². The molecular formula is C10H14N2. The first kappa shape index (κ1) is 6.91. The summed E-state index contributed by atoms with van der Waals surface area (Å²) < 4.78 is 0. The van der Waals surface area contributed by atoms with Gasteiger partial charge in [-0.15, -0.1) is 0 Å². The van der Waals surface area contributed by atoms with E-state index in [1.54, 1.807) is 0 Å². The molecule has 2 atom stereocenters. The molecule has 3 heterocycles. The van der Waals surface area contributed by atoms with Crippen LogP contribution < -0.4 is 0 Å². The van der Waals surface area contributed by atoms with Crippen molar-refractivity contribution in [3.05, 3.63) is 0 Å². The molecule has 3 aliphatic heterocycles. The summed E-state index contributed by atoms with van der Waals surface area (Å²) in [6.45, 7) is 0. The van der Waals surface area contributed by atoms with Gasteiger partial charge in [-0.05, 0) is 38.5 Å². The van der Waals surface area contributed by atoms with Gasteiger partial charge in [0.25, 0.3) is 0 Å². The van der Waals surface area contributed by atoms with Gasteiger partial charge in [-0.2, -0.15) is 5.26 Å². The zero-order chi connectivity index (χ0) is 8.18. The lowest BCUT2D eigenvalue weighted by molar-refractivity contribution is 0.193. The second-order valence-corrected chi connectivity index (χ2v) is 4.51. The Morgan fingerprint density at radius 3 is 2.17 bits per heavy atom. The molecule has 3 aliphatic rings. The third kappa shape index (κ3) is 0.603. The maximum absolute atomic E-state index is 9.20. The smallest absolute Gasteiger partial charge is 0.109 e. The quantitative estimate of drug-likeness (QED) is 0.541. The first-order chi connectivity index (χ1) is 5.86. The molecule has 3 fully saturated rings. The topological polar surface area (TPSA) is 27.0 Å². The fourth-order valence-electron chi connectivity index (χ4n) is 3.59. The molecule has 0 aromatic rings. The fourth-order valence-corrected chi connectivity index (χ4v) is 3.59. The molecule has 2 unspecified atom stereocenters. The first-order valence-corrected chi connectivity index (χ1v) is 5.05. The van der Waals surface area contributed by atoms with Gasteiger partial charge < -0.3 is 0 Å². The van der Waals surface area contributed by atoms with Crippen molar-refractivity contribution < 1.29 is 0 Å². The van der Waals surface area contributed by atoms with Gasteiger partial charge in [0, 0.05) is 12.1 Å². The van der Waals surface area contributed by atoms with E-state index < -0.39 is 0 Å². The van der Waals surface area contributed by atoms with Crippen LogP contribution in [0.5, 0.6) is 0 Å². The summed E-state index contributed by atoms with van der Waals surface area (Å²) in [5.74, 6) is 0. The molecule has 0 spiro atoms. The van der Waals surface area contributed by atoms with E-state index >= 15 is 0 Å². The van der Waals surface area contributed by atoms with Gasteiger partial charge in [-0.1, -0.05) is 0 Å². The Bertz CT molecular complexity index is 237. The Balaban J connectivity index is 2.03. The highest BCUT2D eigenvalue weighted by atomic mass is 15.3. The van der Waals surface area contributed by atoms with Crippen LogP contribution in [-0.4, -0.2) is 22.5 Å². The van der Waals surface area contributed by atoms with E-state index in [1.807, 2.05) is 0 Å². The highest BCUT2D eigenvalue weighted by Crippen LogP contribution is 2.51. The van der Waals surface area contributed by atoms with Crippen LogP contribution in [0, 0.1) is 11.3 Å². The minimum Gasteiger partial charge on any atom is -0.280 e. The van der Waals surface area contributed by atoms with E-state index in [9.17, 15) is 5.26 Å². The van der Waals surface area contributed by atoms with Crippen LogP contribution in [0.1, 0.15) is 38.5 Å². The van der Waals surface area contributed by atoms with Crippen molar-refractivity contribution in [1.29, 1.82) is 5.26 Å². The van der Waals surface area contributed by atoms with Crippen molar-refractivity contribution in [2.45, 2.75) is 56.1 Å². The van der Waals surface area contributed by atoms with Crippen LogP contribution in [0.2, 0.25) is 0 Å². The summed E-state index contributed by atoms with van der Waals surface area (Å²) in [6, 6.07) is 4.12. The predicted molar refractivity (Wildman–Crippen MR) is 45.5 cm³/mol. The van der Waals surface area contributed by atoms with Crippen molar-refractivity contribution >= 4 is 0 Å². The van der Waals surface area contributed by atoms with E-state index in [1.165, 1.54) is 25.7 Å². The van der Waals surface area contributed by atoms with E-state index in [0.29, 0.717) is 0 Å². The summed E-state index contributed by atoms with van der Waals surface area (Å²) >= 11 is 0. The van der Waals surface area contributed by atoms with Crippen molar-refractivity contribution in [1.82, 2.24) is 4.90 Å². The largest absolute Gasteiger partial charge is 0.280 e. The van der Waals surface area contributed by atoms with Crippen LogP contribution in [0.3, 0.4) is 0 Å². The molecule has 0 amide bonds. The van der Waals surface area contributed by atoms with Crippen LogP contribution in [0.4, 0.5) is 0 Å². The second-order valence-electron chi connectivity index (χ2n) is 4.51. The number of nitrogens with zero attached hydrogens (tertiary/aromatic N) is 2. The Kier molecular flexibility index (Phi) is 1.17. The minimum absolute atomic E-state index is 0.00810. The fraction of sp³-hybridized carbons (Fsp3) is 0.900. The maximum atomic E-state index is 9.20. The summed E-state index contributed by atoms with van der Waals surface area (Å²) in [5.41, 5.74) is -0.00810. The van der Waals surface area contributed by atoms with Crippen LogP contribution in [-0.2, 0) is 0 Å². The highest BCUT2D eigenvalue weighted by molar-refractivity contribution is 5.21. The first-order valence-electron chi connectivity index (χ1n) is 5.05. The molecule has 2 nitrogen and oxygen atoms in total. The number of hydrogen-bond donors (Lipinski definition) is 0. The van der Waals surface area contributed by atoms with Crippen LogP contribution >= 0.6 is 0 Å². The third-order valence-corrected chi connectivity index (χ3v) is 4.10. The molecule has 0 aromatic heterocycles. The number of rotatable bonds is 0. The zero-order valence-electron chi connectivity index (χ0n) is 7.29. The Hall–Kier alpha value is -0.550. The Morgan fingerprint density at radius 2 is 1.67 bits per heavy atom. The monoisotopic (exact) mass is 162 g/mol. The molecule has 2 heteroatoms. The molecule has 3 saturated heterocycles. The van der Waals surface area contributed by atoms with E-state index in [4.69, 9.17) is 0 Å². The molecule has 3 rings (SSSR count). The molecular weight excluding hydrogens is 148 g/mol. The molecule has 0 N–H and O–H groups in total. The summed E-state index contributed by atoms with van der Waals surface area (Å²) in [7, 11) is 0. The van der Waals surface area contributed by atoms with Crippen LogP contribution in [0.25, 0.3) is 0 Å². The van der Waals surface area contributed by atoms with Crippen molar-refractivity contribution in [2.24, 2.45) is 0 Å². The Morgan fingerprint density at radius 1 is 1.08 bits per heavy atom. The van der Waals surface area contributed by atoms with Gasteiger partial charge in [0.15, 0.2) is 0 Å². The van der Waals surface area contributed by atoms with Gasteiger partial charge in [0.2, 0.25) is 0 Å². The van der Waals surface area contributed by atoms with Crippen molar-refractivity contribution in [3.8, 4) is 6.07 Å². The molecule has 0 radical (unpaired) electrons. The van der Waals surface area contributed by atoms with Gasteiger partial charge in [-0.3, -0.25) is 4.90 Å². The normalized spacial score (nSPS) is 50.9. The third-order valence-electron chi connectivity index (χ3n) is 4.10. The molecule has 0 saturated carbocycles. The molecule has 0 aromatic carbocycles. The summed E-state index contributed by atoms with van der Waals surface area (Å²) in [4.78, 5) is 2.55. The zero-order valence-corrected chi connectivity index (χ0v) is 7.29. The second kappa shape index (κ2) is 2.03. The standard InChI is InChI=1S/C10H14N2/c11-7-10-5-3-8-1-2-9(4-6-10)12(8)10/h8-9H,1-6H2. The van der Waals surface area contributed by atoms with Gasteiger partial charge in [0.05, 0.1) is 6.07 Å². The van der Waals surface area contributed by atoms with E-state index in [-0.39, 0.29) is 5.54 Å². The lowest BCUT2D eigenvalue weighted by atomic mass is 9.96. The SMILES string of the molecule is N#CC12CCC3CCC(CC1)N32. The number of hydrogen-bond acceptors (Lipinski definition) is 2. The lowest BCUT2D eigenvalue weighted by Crippen LogP contribution is -2.40. The lowest BCUT2D eigenvalue weighted by Gasteiger charge is -2.27. The van der Waals surface area contributed by atoms with E-state index in [0.717, 1.165) is 24.9 Å². The average Bonchev–Trinajstić information content (AvgIpc) is 2.73. The molecule has 64 valence electrons. The number of nitriles is 1. The van der Waals surface area contributed by atoms with Crippen LogP contribution in [0.15, 0.2) is 0 Å². The summed E-state index contributed by atoms with van der Waals surface area (Å²) in [5, 5.41) is 9.20. The summed E-state index contributed by atoms with van der Waals surface area (Å²) in [6.07, 6.45) is 7.56. The van der Waals surface area contributed by atoms with Gasteiger partial charge in [0.1, 0.15) is 5.54 Å². The van der Waals surface area contributed by atoms with Crippen molar-refractivity contribution in [3.63, 3.8) is 0 Å². The highest BCUT2D eigenvalue weighted by Gasteiger charge is 2.56. The molecule has 0 bridgehead atoms. The average molecular weight is 162 g/mol. The van der Waals surface area contributed by atoms with Crippen molar-refractivity contribution in [2.75, 3.05) is 0 Å². The molecule has 12 heavy (non-hydrogen) atoms. The predicted octanol–water partition coefficient (Wildman–Crippen LogP) is 1.67. The Labute approximate surface area is 73.2 Å². The minimum atomic E-state index is -0.00810. The van der Waals surface area contributed by atoms with Gasteiger partial charge in [-0.25, -0.2) is 0 Å².